The van der Waals surface area contributed by atoms with Crippen LogP contribution in [-0.4, -0.2) is 23.0 Å². The number of aromatic nitrogens is 1. The number of esters is 1. The van der Waals surface area contributed by atoms with Crippen molar-refractivity contribution < 1.29 is 14.3 Å². The molecule has 1 N–H and O–H groups in total. The largest absolute Gasteiger partial charge is 0.448 e. The molecular formula is C16H13Cl3N2O3. The quantitative estimate of drug-likeness (QED) is 0.782. The van der Waals surface area contributed by atoms with Crippen LogP contribution in [0.1, 0.15) is 23.0 Å². The van der Waals surface area contributed by atoms with E-state index in [9.17, 15) is 9.59 Å². The summed E-state index contributed by atoms with van der Waals surface area (Å²) in [5, 5.41) is 2.64. The van der Waals surface area contributed by atoms with E-state index >= 15 is 0 Å². The van der Waals surface area contributed by atoms with Crippen LogP contribution < -0.4 is 5.32 Å². The van der Waals surface area contributed by atoms with E-state index in [1.807, 2.05) is 13.0 Å². The minimum atomic E-state index is -1.05. The fraction of sp³-hybridized carbons (Fsp3) is 0.188. The van der Waals surface area contributed by atoms with Crippen molar-refractivity contribution in [1.29, 1.82) is 0 Å². The molecule has 0 fully saturated rings. The van der Waals surface area contributed by atoms with Gasteiger partial charge in [-0.05, 0) is 31.5 Å². The van der Waals surface area contributed by atoms with Gasteiger partial charge in [0.1, 0.15) is 0 Å². The lowest BCUT2D eigenvalue weighted by atomic mass is 10.2. The maximum Gasteiger partial charge on any atom is 0.359 e. The molecule has 0 spiro atoms. The van der Waals surface area contributed by atoms with Gasteiger partial charge in [0, 0.05) is 11.9 Å². The third-order valence-corrected chi connectivity index (χ3v) is 4.29. The van der Waals surface area contributed by atoms with Crippen LogP contribution in [0.25, 0.3) is 0 Å². The van der Waals surface area contributed by atoms with Gasteiger partial charge in [-0.1, -0.05) is 46.9 Å². The van der Waals surface area contributed by atoms with Crippen LogP contribution >= 0.6 is 34.8 Å². The average molecular weight is 388 g/mol. The van der Waals surface area contributed by atoms with E-state index in [4.69, 9.17) is 39.5 Å². The number of nitrogens with one attached hydrogen (secondary N) is 1. The lowest BCUT2D eigenvalue weighted by Crippen LogP contribution is -2.30. The summed E-state index contributed by atoms with van der Waals surface area (Å²) < 4.78 is 5.08. The Bertz CT molecular complexity index is 796. The maximum absolute atomic E-state index is 12.1. The summed E-state index contributed by atoms with van der Waals surface area (Å²) in [4.78, 5) is 28.0. The summed E-state index contributed by atoms with van der Waals surface area (Å²) >= 11 is 17.5. The number of carbonyl (C=O) groups is 2. The van der Waals surface area contributed by atoms with Gasteiger partial charge in [-0.3, -0.25) is 4.79 Å². The van der Waals surface area contributed by atoms with E-state index < -0.39 is 18.0 Å². The van der Waals surface area contributed by atoms with E-state index in [0.717, 1.165) is 5.56 Å². The fourth-order valence-corrected chi connectivity index (χ4v) is 2.38. The third kappa shape index (κ3) is 4.38. The predicted molar refractivity (Wildman–Crippen MR) is 94.0 cm³/mol. The van der Waals surface area contributed by atoms with Crippen molar-refractivity contribution >= 4 is 52.4 Å². The molecule has 1 heterocycles. The van der Waals surface area contributed by atoms with Crippen LogP contribution in [0.2, 0.25) is 15.1 Å². The Morgan fingerprint density at radius 2 is 1.92 bits per heavy atom. The first kappa shape index (κ1) is 18.5. The Balaban J connectivity index is 2.06. The Morgan fingerprint density at radius 1 is 1.21 bits per heavy atom. The molecule has 0 radical (unpaired) electrons. The predicted octanol–water partition coefficient (Wildman–Crippen LogP) is 4.53. The number of hydrogen-bond donors (Lipinski definition) is 1. The van der Waals surface area contributed by atoms with Gasteiger partial charge in [-0.15, -0.1) is 0 Å². The molecule has 0 aliphatic heterocycles. The summed E-state index contributed by atoms with van der Waals surface area (Å²) in [5.74, 6) is -1.35. The number of hydrogen-bond acceptors (Lipinski definition) is 4. The molecule has 1 amide bonds. The van der Waals surface area contributed by atoms with Crippen LogP contribution in [0.3, 0.4) is 0 Å². The lowest BCUT2D eigenvalue weighted by Gasteiger charge is -2.14. The highest BCUT2D eigenvalue weighted by Gasteiger charge is 2.23. The second-order valence-electron chi connectivity index (χ2n) is 4.99. The molecule has 0 bridgehead atoms. The van der Waals surface area contributed by atoms with Crippen LogP contribution in [0.4, 0.5) is 5.69 Å². The molecule has 0 saturated carbocycles. The van der Waals surface area contributed by atoms with Gasteiger partial charge in [-0.25, -0.2) is 9.78 Å². The van der Waals surface area contributed by atoms with Crippen LogP contribution in [0.5, 0.6) is 0 Å². The van der Waals surface area contributed by atoms with Crippen molar-refractivity contribution in [2.45, 2.75) is 20.0 Å². The first-order valence-corrected chi connectivity index (χ1v) is 8.01. The molecule has 0 unspecified atom stereocenters. The van der Waals surface area contributed by atoms with Crippen LogP contribution in [-0.2, 0) is 9.53 Å². The number of anilines is 1. The Kier molecular flexibility index (Phi) is 6.04. The minimum absolute atomic E-state index is 0.00264. The number of carbonyl (C=O) groups excluding carboxylic acids is 2. The zero-order valence-corrected chi connectivity index (χ0v) is 15.0. The average Bonchev–Trinajstić information content (AvgIpc) is 2.52. The first-order valence-electron chi connectivity index (χ1n) is 6.87. The van der Waals surface area contributed by atoms with Crippen LogP contribution in [0.15, 0.2) is 30.5 Å². The number of ether oxygens (including phenoxy) is 1. The maximum atomic E-state index is 12.1. The Morgan fingerprint density at radius 3 is 2.58 bits per heavy atom. The zero-order valence-electron chi connectivity index (χ0n) is 12.8. The second kappa shape index (κ2) is 7.83. The molecule has 8 heteroatoms. The SMILES string of the molecule is Cc1cccc(NC(=O)[C@H](C)OC(=O)c2ncc(Cl)c(Cl)c2Cl)c1. The molecule has 0 aliphatic carbocycles. The molecule has 2 rings (SSSR count). The molecule has 0 aliphatic rings. The van der Waals surface area contributed by atoms with E-state index in [1.165, 1.54) is 13.1 Å². The van der Waals surface area contributed by atoms with E-state index in [2.05, 4.69) is 10.3 Å². The van der Waals surface area contributed by atoms with Crippen molar-refractivity contribution in [3.8, 4) is 0 Å². The molecule has 1 aromatic carbocycles. The number of rotatable bonds is 4. The van der Waals surface area contributed by atoms with E-state index in [0.29, 0.717) is 5.69 Å². The molecule has 1 atom stereocenters. The second-order valence-corrected chi connectivity index (χ2v) is 6.15. The standard InChI is InChI=1S/C16H13Cl3N2O3/c1-8-4-3-5-10(6-8)21-15(22)9(2)24-16(23)14-13(19)12(18)11(17)7-20-14/h3-7,9H,1-2H3,(H,21,22)/t9-/m0/s1. The van der Waals surface area contributed by atoms with Gasteiger partial charge >= 0.3 is 5.97 Å². The number of pyridine rings is 1. The summed E-state index contributed by atoms with van der Waals surface area (Å²) in [6.07, 6.45) is 0.134. The smallest absolute Gasteiger partial charge is 0.359 e. The zero-order chi connectivity index (χ0) is 17.9. The molecule has 24 heavy (non-hydrogen) atoms. The normalized spacial score (nSPS) is 11.7. The van der Waals surface area contributed by atoms with E-state index in [-0.39, 0.29) is 20.8 Å². The molecule has 5 nitrogen and oxygen atoms in total. The number of halogens is 3. The fourth-order valence-electron chi connectivity index (χ4n) is 1.82. The number of nitrogens with zero attached hydrogens (tertiary/aromatic N) is 1. The summed E-state index contributed by atoms with van der Waals surface area (Å²) in [7, 11) is 0. The van der Waals surface area contributed by atoms with Crippen molar-refractivity contribution in [2.75, 3.05) is 5.32 Å². The molecule has 126 valence electrons. The van der Waals surface area contributed by atoms with Gasteiger partial charge in [-0.2, -0.15) is 0 Å². The number of aryl methyl sites for hydroxylation is 1. The van der Waals surface area contributed by atoms with Crippen molar-refractivity contribution in [1.82, 2.24) is 4.98 Å². The van der Waals surface area contributed by atoms with E-state index in [1.54, 1.807) is 18.2 Å². The van der Waals surface area contributed by atoms with Crippen molar-refractivity contribution in [3.05, 3.63) is 56.8 Å². The molecule has 0 saturated heterocycles. The monoisotopic (exact) mass is 386 g/mol. The van der Waals surface area contributed by atoms with Gasteiger partial charge < -0.3 is 10.1 Å². The van der Waals surface area contributed by atoms with Gasteiger partial charge in [0.05, 0.1) is 15.1 Å². The molecular weight excluding hydrogens is 375 g/mol. The lowest BCUT2D eigenvalue weighted by molar-refractivity contribution is -0.123. The van der Waals surface area contributed by atoms with Gasteiger partial charge in [0.15, 0.2) is 11.8 Å². The summed E-state index contributed by atoms with van der Waals surface area (Å²) in [5.41, 5.74) is 1.39. The summed E-state index contributed by atoms with van der Waals surface area (Å²) in [6, 6.07) is 7.23. The highest BCUT2D eigenvalue weighted by molar-refractivity contribution is 6.48. The highest BCUT2D eigenvalue weighted by atomic mass is 35.5. The highest BCUT2D eigenvalue weighted by Crippen LogP contribution is 2.31. The third-order valence-electron chi connectivity index (χ3n) is 3.05. The molecule has 2 aromatic rings. The minimum Gasteiger partial charge on any atom is -0.448 e. The first-order chi connectivity index (χ1) is 11.3. The number of benzene rings is 1. The van der Waals surface area contributed by atoms with Crippen molar-refractivity contribution in [2.24, 2.45) is 0 Å². The van der Waals surface area contributed by atoms with Crippen LogP contribution in [0, 0.1) is 6.92 Å². The topological polar surface area (TPSA) is 68.3 Å². The van der Waals surface area contributed by atoms with Crippen molar-refractivity contribution in [3.63, 3.8) is 0 Å². The van der Waals surface area contributed by atoms with Gasteiger partial charge in [0.25, 0.3) is 5.91 Å². The summed E-state index contributed by atoms with van der Waals surface area (Å²) in [6.45, 7) is 3.34. The Labute approximate surface area is 153 Å². The Hall–Kier alpha value is -1.82. The number of amides is 1. The van der Waals surface area contributed by atoms with Gasteiger partial charge in [0.2, 0.25) is 0 Å². The molecule has 1 aromatic heterocycles.